The molecule has 1 rings (SSSR count). The first-order chi connectivity index (χ1) is 7.04. The number of ether oxygens (including phenoxy) is 1. The van der Waals surface area contributed by atoms with Crippen molar-refractivity contribution in [3.05, 3.63) is 24.0 Å². The van der Waals surface area contributed by atoms with Crippen LogP contribution in [-0.4, -0.2) is 32.1 Å². The lowest BCUT2D eigenvalue weighted by Crippen LogP contribution is -2.27. The standard InChI is InChI=1S/C10H13FN2O2/c1-13(2)10(14)12-7-4-5-9(15-3)8(11)6-7/h4-6H,1-3H3,(H,12,14). The predicted molar refractivity (Wildman–Crippen MR) is 55.7 cm³/mol. The van der Waals surface area contributed by atoms with Gasteiger partial charge in [-0.2, -0.15) is 0 Å². The smallest absolute Gasteiger partial charge is 0.321 e. The molecule has 0 spiro atoms. The molecule has 0 saturated heterocycles. The Morgan fingerprint density at radius 3 is 2.60 bits per heavy atom. The molecule has 0 aliphatic carbocycles. The number of urea groups is 1. The number of hydrogen-bond acceptors (Lipinski definition) is 2. The van der Waals surface area contributed by atoms with Gasteiger partial charge in [0, 0.05) is 25.8 Å². The number of hydrogen-bond donors (Lipinski definition) is 1. The molecule has 0 unspecified atom stereocenters. The summed E-state index contributed by atoms with van der Waals surface area (Å²) in [6.45, 7) is 0. The summed E-state index contributed by atoms with van der Waals surface area (Å²) in [5.41, 5.74) is 0.395. The number of carbonyl (C=O) groups is 1. The second-order valence-electron chi connectivity index (χ2n) is 3.17. The van der Waals surface area contributed by atoms with Crippen LogP contribution in [0.2, 0.25) is 0 Å². The van der Waals surface area contributed by atoms with Gasteiger partial charge in [0.2, 0.25) is 0 Å². The van der Waals surface area contributed by atoms with Crippen molar-refractivity contribution in [3.8, 4) is 5.75 Å². The lowest BCUT2D eigenvalue weighted by atomic mass is 10.3. The largest absolute Gasteiger partial charge is 0.494 e. The van der Waals surface area contributed by atoms with Gasteiger partial charge >= 0.3 is 6.03 Å². The monoisotopic (exact) mass is 212 g/mol. The van der Waals surface area contributed by atoms with Gasteiger partial charge in [-0.15, -0.1) is 0 Å². The normalized spacial score (nSPS) is 9.60. The third-order valence-corrected chi connectivity index (χ3v) is 1.81. The Hall–Kier alpha value is -1.78. The van der Waals surface area contributed by atoms with E-state index in [1.807, 2.05) is 0 Å². The third-order valence-electron chi connectivity index (χ3n) is 1.81. The molecule has 82 valence electrons. The van der Waals surface area contributed by atoms with Crippen LogP contribution in [0.25, 0.3) is 0 Å². The minimum Gasteiger partial charge on any atom is -0.494 e. The number of nitrogens with zero attached hydrogens (tertiary/aromatic N) is 1. The zero-order valence-corrected chi connectivity index (χ0v) is 8.87. The van der Waals surface area contributed by atoms with Crippen molar-refractivity contribution in [1.82, 2.24) is 4.90 Å². The van der Waals surface area contributed by atoms with Gasteiger partial charge in [0.05, 0.1) is 7.11 Å². The topological polar surface area (TPSA) is 41.6 Å². The van der Waals surface area contributed by atoms with E-state index in [0.717, 1.165) is 0 Å². The highest BCUT2D eigenvalue weighted by atomic mass is 19.1. The number of rotatable bonds is 2. The Morgan fingerprint density at radius 2 is 2.13 bits per heavy atom. The van der Waals surface area contributed by atoms with E-state index in [1.54, 1.807) is 20.2 Å². The minimum absolute atomic E-state index is 0.151. The summed E-state index contributed by atoms with van der Waals surface area (Å²) in [5.74, 6) is -0.355. The summed E-state index contributed by atoms with van der Waals surface area (Å²) in [7, 11) is 4.60. The van der Waals surface area contributed by atoms with E-state index in [-0.39, 0.29) is 11.8 Å². The molecule has 0 atom stereocenters. The Labute approximate surface area is 87.6 Å². The molecule has 0 saturated carbocycles. The number of anilines is 1. The fourth-order valence-electron chi connectivity index (χ4n) is 0.979. The predicted octanol–water partition coefficient (Wildman–Crippen LogP) is 1.93. The Kier molecular flexibility index (Phi) is 3.49. The van der Waals surface area contributed by atoms with Crippen molar-refractivity contribution in [2.75, 3.05) is 26.5 Å². The van der Waals surface area contributed by atoms with Crippen LogP contribution < -0.4 is 10.1 Å². The fourth-order valence-corrected chi connectivity index (χ4v) is 0.979. The maximum absolute atomic E-state index is 13.2. The molecule has 1 N–H and O–H groups in total. The van der Waals surface area contributed by atoms with Crippen LogP contribution in [0.15, 0.2) is 18.2 Å². The van der Waals surface area contributed by atoms with Crippen molar-refractivity contribution >= 4 is 11.7 Å². The molecule has 4 nitrogen and oxygen atoms in total. The summed E-state index contributed by atoms with van der Waals surface area (Å²) in [6.07, 6.45) is 0. The molecule has 0 bridgehead atoms. The summed E-state index contributed by atoms with van der Waals surface area (Å²) in [4.78, 5) is 12.6. The number of methoxy groups -OCH3 is 1. The zero-order chi connectivity index (χ0) is 11.4. The first-order valence-corrected chi connectivity index (χ1v) is 4.36. The van der Waals surface area contributed by atoms with E-state index in [1.165, 1.54) is 24.1 Å². The summed E-state index contributed by atoms with van der Waals surface area (Å²) < 4.78 is 18.0. The Balaban J connectivity index is 2.80. The Bertz CT molecular complexity index is 366. The molecule has 0 aliphatic heterocycles. The first kappa shape index (κ1) is 11.3. The van der Waals surface area contributed by atoms with Gasteiger partial charge in [0.25, 0.3) is 0 Å². The van der Waals surface area contributed by atoms with E-state index < -0.39 is 5.82 Å². The van der Waals surface area contributed by atoms with Gasteiger partial charge in [0.15, 0.2) is 11.6 Å². The number of carbonyl (C=O) groups excluding carboxylic acids is 1. The zero-order valence-electron chi connectivity index (χ0n) is 8.87. The summed E-state index contributed by atoms with van der Waals surface area (Å²) in [5, 5.41) is 2.52. The third kappa shape index (κ3) is 2.83. The molecule has 5 heteroatoms. The average Bonchev–Trinajstić information content (AvgIpc) is 2.18. The van der Waals surface area contributed by atoms with Gasteiger partial charge in [-0.25, -0.2) is 9.18 Å². The SMILES string of the molecule is COc1ccc(NC(=O)N(C)C)cc1F. The molecular weight excluding hydrogens is 199 g/mol. The van der Waals surface area contributed by atoms with E-state index in [2.05, 4.69) is 5.32 Å². The summed E-state index contributed by atoms with van der Waals surface area (Å²) >= 11 is 0. The number of benzene rings is 1. The average molecular weight is 212 g/mol. The summed E-state index contributed by atoms with van der Waals surface area (Å²) in [6, 6.07) is 3.93. The highest BCUT2D eigenvalue weighted by Gasteiger charge is 2.07. The molecule has 1 aromatic rings. The van der Waals surface area contributed by atoms with Crippen molar-refractivity contribution in [2.45, 2.75) is 0 Å². The second kappa shape index (κ2) is 4.63. The van der Waals surface area contributed by atoms with Gasteiger partial charge in [-0.3, -0.25) is 0 Å². The van der Waals surface area contributed by atoms with E-state index in [9.17, 15) is 9.18 Å². The van der Waals surface area contributed by atoms with Crippen LogP contribution in [0.3, 0.4) is 0 Å². The molecule has 0 fully saturated rings. The maximum Gasteiger partial charge on any atom is 0.321 e. The molecule has 0 aromatic heterocycles. The first-order valence-electron chi connectivity index (χ1n) is 4.36. The fraction of sp³-hybridized carbons (Fsp3) is 0.300. The van der Waals surface area contributed by atoms with E-state index >= 15 is 0 Å². The second-order valence-corrected chi connectivity index (χ2v) is 3.17. The van der Waals surface area contributed by atoms with Gasteiger partial charge in [-0.1, -0.05) is 0 Å². The van der Waals surface area contributed by atoms with Crippen LogP contribution in [0.5, 0.6) is 5.75 Å². The van der Waals surface area contributed by atoms with Crippen molar-refractivity contribution in [3.63, 3.8) is 0 Å². The molecule has 0 aliphatic rings. The molecule has 1 aromatic carbocycles. The van der Waals surface area contributed by atoms with Gasteiger partial charge < -0.3 is 15.0 Å². The maximum atomic E-state index is 13.2. The molecule has 15 heavy (non-hydrogen) atoms. The van der Waals surface area contributed by atoms with Crippen molar-refractivity contribution < 1.29 is 13.9 Å². The van der Waals surface area contributed by atoms with Gasteiger partial charge in [0.1, 0.15) is 0 Å². The number of amides is 2. The minimum atomic E-state index is -0.506. The highest BCUT2D eigenvalue weighted by molar-refractivity contribution is 5.88. The molecule has 2 amide bonds. The molecule has 0 radical (unpaired) electrons. The van der Waals surface area contributed by atoms with Crippen LogP contribution in [-0.2, 0) is 0 Å². The van der Waals surface area contributed by atoms with Crippen molar-refractivity contribution in [2.24, 2.45) is 0 Å². The Morgan fingerprint density at radius 1 is 1.47 bits per heavy atom. The quantitative estimate of drug-likeness (QED) is 0.813. The van der Waals surface area contributed by atoms with Crippen molar-refractivity contribution in [1.29, 1.82) is 0 Å². The van der Waals surface area contributed by atoms with Crippen LogP contribution in [0.4, 0.5) is 14.9 Å². The van der Waals surface area contributed by atoms with Crippen LogP contribution in [0, 0.1) is 5.82 Å². The number of halogens is 1. The van der Waals surface area contributed by atoms with Crippen LogP contribution >= 0.6 is 0 Å². The highest BCUT2D eigenvalue weighted by Crippen LogP contribution is 2.20. The molecular formula is C10H13FN2O2. The van der Waals surface area contributed by atoms with E-state index in [4.69, 9.17) is 4.74 Å². The van der Waals surface area contributed by atoms with Gasteiger partial charge in [-0.05, 0) is 12.1 Å². The lowest BCUT2D eigenvalue weighted by Gasteiger charge is -2.12. The molecule has 0 heterocycles. The van der Waals surface area contributed by atoms with Crippen LogP contribution in [0.1, 0.15) is 0 Å². The number of nitrogens with one attached hydrogen (secondary N) is 1. The lowest BCUT2D eigenvalue weighted by molar-refractivity contribution is 0.230. The van der Waals surface area contributed by atoms with E-state index in [0.29, 0.717) is 5.69 Å².